The molecule has 2 aromatic carbocycles. The van der Waals surface area contributed by atoms with Crippen LogP contribution >= 0.6 is 23.4 Å². The van der Waals surface area contributed by atoms with Crippen LogP contribution in [0.4, 0.5) is 4.39 Å². The average Bonchev–Trinajstić information content (AvgIpc) is 3.26. The summed E-state index contributed by atoms with van der Waals surface area (Å²) in [5, 5.41) is 3.75. The van der Waals surface area contributed by atoms with Gasteiger partial charge < -0.3 is 10.2 Å². The van der Waals surface area contributed by atoms with E-state index in [-0.39, 0.29) is 36.0 Å². The van der Waals surface area contributed by atoms with E-state index in [1.807, 2.05) is 24.3 Å². The molecule has 31 heavy (non-hydrogen) atoms. The van der Waals surface area contributed by atoms with Crippen molar-refractivity contribution < 1.29 is 14.0 Å². The molecule has 166 valence electrons. The van der Waals surface area contributed by atoms with Gasteiger partial charge in [0.2, 0.25) is 11.8 Å². The number of nitrogens with zero attached hydrogens (tertiary/aromatic N) is 1. The summed E-state index contributed by atoms with van der Waals surface area (Å²) in [4.78, 5) is 27.5. The Morgan fingerprint density at radius 3 is 2.55 bits per heavy atom. The van der Waals surface area contributed by atoms with Crippen molar-refractivity contribution in [1.29, 1.82) is 0 Å². The highest BCUT2D eigenvalue weighted by Gasteiger charge is 2.28. The van der Waals surface area contributed by atoms with Crippen LogP contribution in [0.2, 0.25) is 5.02 Å². The predicted octanol–water partition coefficient (Wildman–Crippen LogP) is 5.19. The molecule has 1 aliphatic rings. The fourth-order valence-corrected chi connectivity index (χ4v) is 4.80. The summed E-state index contributed by atoms with van der Waals surface area (Å²) >= 11 is 7.51. The normalized spacial score (nSPS) is 14.9. The number of amides is 2. The Bertz CT molecular complexity index is 887. The topological polar surface area (TPSA) is 49.4 Å². The molecule has 1 atom stereocenters. The number of hydrogen-bond donors (Lipinski definition) is 1. The zero-order valence-corrected chi connectivity index (χ0v) is 19.2. The van der Waals surface area contributed by atoms with Gasteiger partial charge in [-0.1, -0.05) is 48.7 Å². The molecule has 0 saturated heterocycles. The number of carbonyl (C=O) groups is 2. The first-order chi connectivity index (χ1) is 14.9. The molecule has 1 aliphatic carbocycles. The Labute approximate surface area is 192 Å². The van der Waals surface area contributed by atoms with E-state index >= 15 is 0 Å². The fraction of sp³-hybridized carbons (Fsp3) is 0.417. The predicted molar refractivity (Wildman–Crippen MR) is 124 cm³/mol. The van der Waals surface area contributed by atoms with Gasteiger partial charge in [-0.2, -0.15) is 0 Å². The van der Waals surface area contributed by atoms with Crippen molar-refractivity contribution >= 4 is 35.2 Å². The van der Waals surface area contributed by atoms with Crippen LogP contribution in [0.5, 0.6) is 0 Å². The number of benzene rings is 2. The monoisotopic (exact) mass is 462 g/mol. The van der Waals surface area contributed by atoms with Crippen molar-refractivity contribution in [2.45, 2.75) is 57.0 Å². The van der Waals surface area contributed by atoms with Crippen molar-refractivity contribution in [3.63, 3.8) is 0 Å². The SMILES string of the molecule is CC(C(=O)NC1CCCC1)N(Cc1ccc(F)cc1)C(=O)CSCc1cccc(Cl)c1. The molecule has 4 nitrogen and oxygen atoms in total. The molecule has 0 aromatic heterocycles. The second-order valence-corrected chi connectivity index (χ2v) is 9.36. The molecule has 7 heteroatoms. The number of rotatable bonds is 9. The van der Waals surface area contributed by atoms with Gasteiger partial charge in [0.15, 0.2) is 0 Å². The standard InChI is InChI=1S/C24H28ClFN2O2S/c1-17(24(30)27-22-7-2-3-8-22)28(14-18-9-11-21(26)12-10-18)23(29)16-31-15-19-5-4-6-20(25)13-19/h4-6,9-13,17,22H,2-3,7-8,14-16H2,1H3,(H,27,30). The first-order valence-electron chi connectivity index (χ1n) is 10.6. The third-order valence-corrected chi connectivity index (χ3v) is 6.74. The zero-order chi connectivity index (χ0) is 22.2. The molecule has 2 aromatic rings. The molecule has 0 heterocycles. The van der Waals surface area contributed by atoms with Gasteiger partial charge in [-0.05, 0) is 55.2 Å². The van der Waals surface area contributed by atoms with E-state index in [4.69, 9.17) is 11.6 Å². The summed E-state index contributed by atoms with van der Waals surface area (Å²) in [6, 6.07) is 13.2. The second-order valence-electron chi connectivity index (χ2n) is 7.94. The second kappa shape index (κ2) is 11.5. The van der Waals surface area contributed by atoms with Gasteiger partial charge in [0.1, 0.15) is 11.9 Å². The lowest BCUT2D eigenvalue weighted by Gasteiger charge is -2.29. The molecule has 0 spiro atoms. The van der Waals surface area contributed by atoms with Gasteiger partial charge in [-0.3, -0.25) is 9.59 Å². The minimum Gasteiger partial charge on any atom is -0.352 e. The molecular formula is C24H28ClFN2O2S. The van der Waals surface area contributed by atoms with E-state index in [2.05, 4.69) is 5.32 Å². The Hall–Kier alpha value is -2.05. The molecule has 0 bridgehead atoms. The molecule has 3 rings (SSSR count). The van der Waals surface area contributed by atoms with E-state index in [0.29, 0.717) is 10.8 Å². The molecule has 2 amide bonds. The molecule has 1 N–H and O–H groups in total. The van der Waals surface area contributed by atoms with E-state index in [1.165, 1.54) is 23.9 Å². The van der Waals surface area contributed by atoms with Gasteiger partial charge in [0.25, 0.3) is 0 Å². The van der Waals surface area contributed by atoms with Crippen LogP contribution in [0, 0.1) is 5.82 Å². The van der Waals surface area contributed by atoms with Crippen molar-refractivity contribution in [2.75, 3.05) is 5.75 Å². The van der Waals surface area contributed by atoms with Crippen LogP contribution in [0.3, 0.4) is 0 Å². The molecule has 0 radical (unpaired) electrons. The average molecular weight is 463 g/mol. The van der Waals surface area contributed by atoms with Gasteiger partial charge >= 0.3 is 0 Å². The Balaban J connectivity index is 1.64. The van der Waals surface area contributed by atoms with E-state index in [0.717, 1.165) is 36.8 Å². The van der Waals surface area contributed by atoms with E-state index in [1.54, 1.807) is 24.0 Å². The van der Waals surface area contributed by atoms with Gasteiger partial charge in [0.05, 0.1) is 5.75 Å². The first-order valence-corrected chi connectivity index (χ1v) is 12.1. The molecule has 1 fully saturated rings. The highest BCUT2D eigenvalue weighted by Crippen LogP contribution is 2.20. The maximum Gasteiger partial charge on any atom is 0.242 e. The van der Waals surface area contributed by atoms with Crippen LogP contribution in [0.25, 0.3) is 0 Å². The summed E-state index contributed by atoms with van der Waals surface area (Å²) in [5.74, 6) is 0.312. The number of hydrogen-bond acceptors (Lipinski definition) is 3. The highest BCUT2D eigenvalue weighted by molar-refractivity contribution is 7.99. The number of halogens is 2. The van der Waals surface area contributed by atoms with Crippen LogP contribution in [-0.4, -0.2) is 34.6 Å². The third kappa shape index (κ3) is 7.25. The quantitative estimate of drug-likeness (QED) is 0.558. The smallest absolute Gasteiger partial charge is 0.242 e. The number of nitrogens with one attached hydrogen (secondary N) is 1. The minimum atomic E-state index is -0.607. The van der Waals surface area contributed by atoms with Crippen molar-refractivity contribution in [1.82, 2.24) is 10.2 Å². The van der Waals surface area contributed by atoms with Crippen molar-refractivity contribution in [3.05, 3.63) is 70.5 Å². The summed E-state index contributed by atoms with van der Waals surface area (Å²) in [6.07, 6.45) is 4.22. The van der Waals surface area contributed by atoms with Crippen LogP contribution < -0.4 is 5.32 Å². The van der Waals surface area contributed by atoms with Crippen LogP contribution in [-0.2, 0) is 21.9 Å². The maximum absolute atomic E-state index is 13.3. The van der Waals surface area contributed by atoms with Gasteiger partial charge in [-0.25, -0.2) is 4.39 Å². The number of thioether (sulfide) groups is 1. The lowest BCUT2D eigenvalue weighted by atomic mass is 10.1. The molecule has 1 saturated carbocycles. The zero-order valence-electron chi connectivity index (χ0n) is 17.7. The van der Waals surface area contributed by atoms with Gasteiger partial charge in [-0.15, -0.1) is 11.8 Å². The molecule has 0 aliphatic heterocycles. The maximum atomic E-state index is 13.3. The lowest BCUT2D eigenvalue weighted by Crippen LogP contribution is -2.50. The number of carbonyl (C=O) groups excluding carboxylic acids is 2. The van der Waals surface area contributed by atoms with E-state index < -0.39 is 6.04 Å². The summed E-state index contributed by atoms with van der Waals surface area (Å²) in [6.45, 7) is 2.02. The minimum absolute atomic E-state index is 0.120. The highest BCUT2D eigenvalue weighted by atomic mass is 35.5. The Kier molecular flexibility index (Phi) is 8.79. The van der Waals surface area contributed by atoms with Crippen molar-refractivity contribution in [2.24, 2.45) is 0 Å². The van der Waals surface area contributed by atoms with Gasteiger partial charge in [0, 0.05) is 23.4 Å². The largest absolute Gasteiger partial charge is 0.352 e. The third-order valence-electron chi connectivity index (χ3n) is 5.52. The Morgan fingerprint density at radius 1 is 1.16 bits per heavy atom. The lowest BCUT2D eigenvalue weighted by molar-refractivity contribution is -0.138. The van der Waals surface area contributed by atoms with E-state index in [9.17, 15) is 14.0 Å². The van der Waals surface area contributed by atoms with Crippen LogP contribution in [0.1, 0.15) is 43.7 Å². The van der Waals surface area contributed by atoms with Crippen molar-refractivity contribution in [3.8, 4) is 0 Å². The summed E-state index contributed by atoms with van der Waals surface area (Å²) in [7, 11) is 0. The van der Waals surface area contributed by atoms with Crippen LogP contribution in [0.15, 0.2) is 48.5 Å². The first kappa shape index (κ1) is 23.6. The molecular weight excluding hydrogens is 435 g/mol. The summed E-state index contributed by atoms with van der Waals surface area (Å²) in [5.41, 5.74) is 1.83. The fourth-order valence-electron chi connectivity index (χ4n) is 3.73. The molecule has 1 unspecified atom stereocenters. The summed E-state index contributed by atoms with van der Waals surface area (Å²) < 4.78 is 13.3. The Morgan fingerprint density at radius 2 is 1.87 bits per heavy atom.